The van der Waals surface area contributed by atoms with Crippen LogP contribution in [0.25, 0.3) is 0 Å². The molecular formula is C30H52N4O5. The van der Waals surface area contributed by atoms with Gasteiger partial charge in [-0.1, -0.05) is 33.6 Å². The fourth-order valence-electron chi connectivity index (χ4n) is 6.73. The number of amides is 3. The van der Waals surface area contributed by atoms with E-state index in [0.29, 0.717) is 25.3 Å². The average molecular weight is 549 g/mol. The largest absolute Gasteiger partial charge is 0.481 e. The summed E-state index contributed by atoms with van der Waals surface area (Å²) >= 11 is 0. The highest BCUT2D eigenvalue weighted by Gasteiger charge is 2.42. The second-order valence-corrected chi connectivity index (χ2v) is 13.6. The van der Waals surface area contributed by atoms with Gasteiger partial charge in [0.05, 0.1) is 18.0 Å². The summed E-state index contributed by atoms with van der Waals surface area (Å²) in [6.07, 6.45) is 10.4. The molecule has 39 heavy (non-hydrogen) atoms. The number of Topliss-reactive ketones (excluding diaryl/α,β-unsaturated/α-hetero) is 1. The van der Waals surface area contributed by atoms with E-state index in [4.69, 9.17) is 5.11 Å². The lowest BCUT2D eigenvalue weighted by molar-refractivity contribution is -0.141. The van der Waals surface area contributed by atoms with Crippen molar-refractivity contribution in [2.75, 3.05) is 6.54 Å². The molecule has 0 radical (unpaired) electrons. The number of rotatable bonds is 11. The summed E-state index contributed by atoms with van der Waals surface area (Å²) in [5.74, 6) is -0.359. The Balaban J connectivity index is 1.45. The highest BCUT2D eigenvalue weighted by molar-refractivity contribution is 5.95. The van der Waals surface area contributed by atoms with Crippen LogP contribution < -0.4 is 16.0 Å². The minimum atomic E-state index is -0.864. The number of carboxylic acid groups (broad SMARTS) is 1. The van der Waals surface area contributed by atoms with Crippen LogP contribution in [0.2, 0.25) is 0 Å². The lowest BCUT2D eigenvalue weighted by Crippen LogP contribution is -2.59. The summed E-state index contributed by atoms with van der Waals surface area (Å²) in [7, 11) is 0. The van der Waals surface area contributed by atoms with E-state index >= 15 is 0 Å². The standard InChI is InChI=1S/C30H52N4O5/c1-20-9-6-7-10-23(20)32-28(39)31-21-12-14-22(15-13-21)33-30(4,5)27(38)24-11-8-18-34(24)25(35)16-17-29(2,3)19-26(36)37/h20-24,33H,6-19H2,1-5H3,(H,36,37)(H2,31,32,39)/t20?,21?,22?,23?,24-/m0/s1. The minimum absolute atomic E-state index is 0.0156. The van der Waals surface area contributed by atoms with Crippen LogP contribution in [0.1, 0.15) is 118 Å². The first-order chi connectivity index (χ1) is 18.3. The zero-order chi connectivity index (χ0) is 28.8. The minimum Gasteiger partial charge on any atom is -0.481 e. The van der Waals surface area contributed by atoms with E-state index in [1.54, 1.807) is 4.90 Å². The topological polar surface area (TPSA) is 128 Å². The summed E-state index contributed by atoms with van der Waals surface area (Å²) in [5, 5.41) is 19.0. The van der Waals surface area contributed by atoms with Gasteiger partial charge in [-0.05, 0) is 83.0 Å². The zero-order valence-electron chi connectivity index (χ0n) is 24.8. The van der Waals surface area contributed by atoms with Crippen molar-refractivity contribution in [1.82, 2.24) is 20.9 Å². The quantitative estimate of drug-likeness (QED) is 0.303. The fourth-order valence-corrected chi connectivity index (χ4v) is 6.73. The molecule has 3 fully saturated rings. The molecule has 2 unspecified atom stereocenters. The smallest absolute Gasteiger partial charge is 0.315 e. The number of hydrogen-bond acceptors (Lipinski definition) is 5. The van der Waals surface area contributed by atoms with E-state index in [9.17, 15) is 19.2 Å². The van der Waals surface area contributed by atoms with Crippen LogP contribution in [0.4, 0.5) is 4.79 Å². The van der Waals surface area contributed by atoms with Gasteiger partial charge in [0.15, 0.2) is 5.78 Å². The number of carboxylic acids is 1. The van der Waals surface area contributed by atoms with Crippen molar-refractivity contribution >= 4 is 23.7 Å². The average Bonchev–Trinajstić information content (AvgIpc) is 3.34. The maximum atomic E-state index is 13.6. The van der Waals surface area contributed by atoms with Crippen LogP contribution in [0.3, 0.4) is 0 Å². The molecular weight excluding hydrogens is 496 g/mol. The van der Waals surface area contributed by atoms with Crippen LogP contribution in [-0.4, -0.2) is 69.9 Å². The summed E-state index contributed by atoms with van der Waals surface area (Å²) in [5.41, 5.74) is -1.24. The van der Waals surface area contributed by atoms with Crippen molar-refractivity contribution in [3.63, 3.8) is 0 Å². The summed E-state index contributed by atoms with van der Waals surface area (Å²) < 4.78 is 0. The first kappa shape index (κ1) is 31.4. The number of carbonyl (C=O) groups excluding carboxylic acids is 3. The molecule has 1 saturated heterocycles. The van der Waals surface area contributed by atoms with Gasteiger partial charge in [-0.3, -0.25) is 14.4 Å². The maximum Gasteiger partial charge on any atom is 0.315 e. The van der Waals surface area contributed by atoms with Gasteiger partial charge in [-0.15, -0.1) is 0 Å². The van der Waals surface area contributed by atoms with Gasteiger partial charge in [0.1, 0.15) is 0 Å². The molecule has 0 aromatic carbocycles. The van der Waals surface area contributed by atoms with Crippen LogP contribution in [-0.2, 0) is 14.4 Å². The molecule has 222 valence electrons. The number of urea groups is 1. The van der Waals surface area contributed by atoms with Crippen molar-refractivity contribution < 1.29 is 24.3 Å². The van der Waals surface area contributed by atoms with Crippen molar-refractivity contribution in [2.24, 2.45) is 11.3 Å². The van der Waals surface area contributed by atoms with Crippen LogP contribution in [0, 0.1) is 11.3 Å². The van der Waals surface area contributed by atoms with Crippen molar-refractivity contribution in [2.45, 2.75) is 148 Å². The number of carbonyl (C=O) groups is 4. The predicted molar refractivity (Wildman–Crippen MR) is 151 cm³/mol. The predicted octanol–water partition coefficient (Wildman–Crippen LogP) is 4.38. The van der Waals surface area contributed by atoms with E-state index in [1.807, 2.05) is 27.7 Å². The molecule has 3 aliphatic rings. The number of nitrogens with zero attached hydrogens (tertiary/aromatic N) is 1. The third-order valence-electron chi connectivity index (χ3n) is 9.19. The molecule has 9 nitrogen and oxygen atoms in total. The van der Waals surface area contributed by atoms with E-state index in [2.05, 4.69) is 22.9 Å². The number of nitrogens with one attached hydrogen (secondary N) is 3. The van der Waals surface area contributed by atoms with Gasteiger partial charge in [0.25, 0.3) is 0 Å². The number of aliphatic carboxylic acids is 1. The lowest BCUT2D eigenvalue weighted by Gasteiger charge is -2.38. The zero-order valence-corrected chi connectivity index (χ0v) is 24.8. The Morgan fingerprint density at radius 1 is 0.846 bits per heavy atom. The first-order valence-corrected chi connectivity index (χ1v) is 15.2. The van der Waals surface area contributed by atoms with Crippen molar-refractivity contribution in [1.29, 1.82) is 0 Å². The molecule has 3 atom stereocenters. The van der Waals surface area contributed by atoms with Crippen LogP contribution in [0.15, 0.2) is 0 Å². The van der Waals surface area contributed by atoms with E-state index in [0.717, 1.165) is 38.5 Å². The fraction of sp³-hybridized carbons (Fsp3) is 0.867. The Kier molecular flexibility index (Phi) is 10.8. The maximum absolute atomic E-state index is 13.6. The Hall–Kier alpha value is -2.16. The first-order valence-electron chi connectivity index (χ1n) is 15.2. The molecule has 2 aliphatic carbocycles. The number of ketones is 1. The van der Waals surface area contributed by atoms with Gasteiger partial charge in [0.2, 0.25) is 5.91 Å². The normalized spacial score (nSPS) is 28.1. The summed E-state index contributed by atoms with van der Waals surface area (Å²) in [4.78, 5) is 52.1. The lowest BCUT2D eigenvalue weighted by atomic mass is 9.84. The molecule has 0 aromatic rings. The second-order valence-electron chi connectivity index (χ2n) is 13.6. The molecule has 3 amide bonds. The molecule has 1 heterocycles. The third-order valence-corrected chi connectivity index (χ3v) is 9.19. The van der Waals surface area contributed by atoms with Gasteiger partial charge < -0.3 is 26.0 Å². The van der Waals surface area contributed by atoms with Crippen molar-refractivity contribution in [3.05, 3.63) is 0 Å². The molecule has 1 aliphatic heterocycles. The summed E-state index contributed by atoms with van der Waals surface area (Å²) in [6.45, 7) is 10.3. The Morgan fingerprint density at radius 2 is 1.49 bits per heavy atom. The molecule has 9 heteroatoms. The van der Waals surface area contributed by atoms with Crippen LogP contribution in [0.5, 0.6) is 0 Å². The molecule has 0 bridgehead atoms. The Labute approximate surface area is 234 Å². The third kappa shape index (κ3) is 9.19. The Morgan fingerprint density at radius 3 is 2.13 bits per heavy atom. The molecule has 0 spiro atoms. The van der Waals surface area contributed by atoms with E-state index in [1.165, 1.54) is 19.3 Å². The second kappa shape index (κ2) is 13.5. The molecule has 0 aromatic heterocycles. The molecule has 3 rings (SSSR count). The number of likely N-dealkylation sites (tertiary alicyclic amines) is 1. The van der Waals surface area contributed by atoms with E-state index < -0.39 is 23.0 Å². The highest BCUT2D eigenvalue weighted by atomic mass is 16.4. The van der Waals surface area contributed by atoms with Gasteiger partial charge >= 0.3 is 12.0 Å². The Bertz CT molecular complexity index is 881. The van der Waals surface area contributed by atoms with E-state index in [-0.39, 0.29) is 48.7 Å². The van der Waals surface area contributed by atoms with Gasteiger partial charge in [-0.25, -0.2) is 4.79 Å². The SMILES string of the molecule is CC1CCCCC1NC(=O)NC1CCC(NC(C)(C)C(=O)[C@@H]2CCCN2C(=O)CCC(C)(C)CC(=O)O)CC1. The van der Waals surface area contributed by atoms with Gasteiger partial charge in [-0.2, -0.15) is 0 Å². The van der Waals surface area contributed by atoms with Gasteiger partial charge in [0, 0.05) is 31.1 Å². The van der Waals surface area contributed by atoms with Crippen molar-refractivity contribution in [3.8, 4) is 0 Å². The highest BCUT2D eigenvalue weighted by Crippen LogP contribution is 2.30. The van der Waals surface area contributed by atoms with Crippen LogP contribution >= 0.6 is 0 Å². The number of hydrogen-bond donors (Lipinski definition) is 4. The molecule has 2 saturated carbocycles. The summed E-state index contributed by atoms with van der Waals surface area (Å²) in [6, 6.07) is 0.103. The monoisotopic (exact) mass is 548 g/mol. The molecule has 4 N–H and O–H groups in total.